The second-order valence-corrected chi connectivity index (χ2v) is 2.94. The van der Waals surface area contributed by atoms with Crippen LogP contribution in [-0.4, -0.2) is 17.6 Å². The van der Waals surface area contributed by atoms with Gasteiger partial charge in [0.15, 0.2) is 0 Å². The molecule has 0 amide bonds. The van der Waals surface area contributed by atoms with Crippen LogP contribution in [0, 0.1) is 0 Å². The molecule has 0 aliphatic carbocycles. The molecule has 0 aromatic carbocycles. The summed E-state index contributed by atoms with van der Waals surface area (Å²) in [5.41, 5.74) is 0. The fraction of sp³-hybridized carbons (Fsp3) is 0. The van der Waals surface area contributed by atoms with Gasteiger partial charge in [0.2, 0.25) is 0 Å². The Balaban J connectivity index is -0.0000000450. The molecule has 0 heterocycles. The van der Waals surface area contributed by atoms with Gasteiger partial charge < -0.3 is 5.48 Å². The van der Waals surface area contributed by atoms with Gasteiger partial charge in [0.1, 0.15) is 0 Å². The summed E-state index contributed by atoms with van der Waals surface area (Å²) in [6, 6.07) is 0. The Kier molecular flexibility index (Phi) is 32.7. The zero-order chi connectivity index (χ0) is 10.7. The third-order valence-electron chi connectivity index (χ3n) is 0. The van der Waals surface area contributed by atoms with Crippen molar-refractivity contribution in [2.24, 2.45) is 0 Å². The van der Waals surface area contributed by atoms with Crippen molar-refractivity contribution in [1.82, 2.24) is 0 Å². The van der Waals surface area contributed by atoms with Crippen molar-refractivity contribution >= 4 is 0 Å². The van der Waals surface area contributed by atoms with Gasteiger partial charge in [-0.05, 0) is 0 Å². The summed E-state index contributed by atoms with van der Waals surface area (Å²) >= 11 is -11.1. The van der Waals surface area contributed by atoms with Crippen LogP contribution in [0.1, 0.15) is 0 Å². The summed E-state index contributed by atoms with van der Waals surface area (Å²) < 4.78 is 73.3. The van der Waals surface area contributed by atoms with Gasteiger partial charge >= 0.3 is 80.3 Å². The Morgan fingerprint density at radius 1 is 0.538 bits per heavy atom. The van der Waals surface area contributed by atoms with E-state index in [0.29, 0.717) is 0 Å². The summed E-state index contributed by atoms with van der Waals surface area (Å²) in [6.07, 6.45) is 0. The van der Waals surface area contributed by atoms with E-state index < -0.39 is 46.2 Å². The van der Waals surface area contributed by atoms with E-state index in [1.807, 2.05) is 0 Å². The molecule has 0 fully saturated rings. The van der Waals surface area contributed by atoms with E-state index in [0.717, 1.165) is 0 Å². The standard InChI is InChI=1S/4H2O.6O.3V/h4*1H2;;;;;;;;;/q;;;;;;;;;;3*+1/p-3. The van der Waals surface area contributed by atoms with Crippen LogP contribution in [0.25, 0.3) is 0 Å². The Morgan fingerprint density at radius 3 is 0.538 bits per heavy atom. The van der Waals surface area contributed by atoms with Crippen molar-refractivity contribution in [1.29, 1.82) is 0 Å². The van der Waals surface area contributed by atoms with Crippen molar-refractivity contribution < 1.29 is 85.8 Å². The fourth-order valence-corrected chi connectivity index (χ4v) is 0. The third-order valence-corrected chi connectivity index (χ3v) is 0. The van der Waals surface area contributed by atoms with Crippen LogP contribution in [-0.2, 0) is 68.2 Å². The van der Waals surface area contributed by atoms with Crippen LogP contribution >= 0.6 is 0 Å². The molecular formula is H5O10V3. The molecule has 10 nitrogen and oxygen atoms in total. The maximum atomic E-state index is 8.67. The van der Waals surface area contributed by atoms with Gasteiger partial charge in [-0.15, -0.1) is 0 Å². The molecule has 5 N–H and O–H groups in total. The van der Waals surface area contributed by atoms with E-state index >= 15 is 0 Å². The van der Waals surface area contributed by atoms with Gasteiger partial charge in [0, 0.05) is 0 Å². The normalized spacial score (nSPS) is 5.77. The second-order valence-electron chi connectivity index (χ2n) is 0.714. The Bertz CT molecular complexity index is 203. The van der Waals surface area contributed by atoms with Crippen LogP contribution in [0.4, 0.5) is 0 Å². The quantitative estimate of drug-likeness (QED) is 0.411. The van der Waals surface area contributed by atoms with Crippen molar-refractivity contribution in [3.63, 3.8) is 0 Å². The van der Waals surface area contributed by atoms with Gasteiger partial charge in [0.25, 0.3) is 0 Å². The molecule has 0 atom stereocenters. The Labute approximate surface area is 85.6 Å². The van der Waals surface area contributed by atoms with Crippen molar-refractivity contribution in [3.8, 4) is 0 Å². The number of rotatable bonds is 0. The molecule has 0 radical (unpaired) electrons. The van der Waals surface area contributed by atoms with E-state index in [1.54, 1.807) is 0 Å². The minimum absolute atomic E-state index is 0. The molecule has 0 saturated carbocycles. The molecular weight excluding hydrogens is 313 g/mol. The second kappa shape index (κ2) is 18.2. The first-order valence-electron chi connectivity index (χ1n) is 1.70. The number of hydrogen-bond donors (Lipinski definition) is 3. The van der Waals surface area contributed by atoms with Crippen LogP contribution in [0.15, 0.2) is 0 Å². The predicted molar refractivity (Wildman–Crippen MR) is 14.4 cm³/mol. The third kappa shape index (κ3) is 8660. The molecule has 0 spiro atoms. The first kappa shape index (κ1) is 23.3. The van der Waals surface area contributed by atoms with Crippen LogP contribution < -0.4 is 0 Å². The summed E-state index contributed by atoms with van der Waals surface area (Å²) in [6.45, 7) is 0. The van der Waals surface area contributed by atoms with E-state index in [9.17, 15) is 0 Å². The summed E-state index contributed by atoms with van der Waals surface area (Å²) in [4.78, 5) is 0. The van der Waals surface area contributed by atoms with E-state index in [4.69, 9.17) is 34.1 Å². The zero-order valence-corrected chi connectivity index (χ0v) is 9.82. The molecule has 0 unspecified atom stereocenters. The predicted octanol–water partition coefficient (Wildman–Crippen LogP) is -3.22. The van der Waals surface area contributed by atoms with Crippen LogP contribution in [0.2, 0.25) is 0 Å². The molecule has 0 aromatic rings. The molecule has 0 aliphatic heterocycles. The van der Waals surface area contributed by atoms with Crippen molar-refractivity contribution in [2.75, 3.05) is 0 Å². The van der Waals surface area contributed by atoms with E-state index in [1.165, 1.54) is 0 Å². The minimum atomic E-state index is -3.69. The topological polar surface area (TPSA) is 195 Å². The molecule has 0 bridgehead atoms. The SMILES string of the molecule is O.[O]=[V](=[O])[OH].[O]=[V](=[O])[OH].[O]=[V](=[O])[OH]. The summed E-state index contributed by atoms with van der Waals surface area (Å²) in [7, 11) is 0. The Hall–Kier alpha value is 0.393. The fourth-order valence-electron chi connectivity index (χ4n) is 0. The summed E-state index contributed by atoms with van der Waals surface area (Å²) in [5.74, 6) is 0. The molecule has 0 aromatic heterocycles. The van der Waals surface area contributed by atoms with Crippen LogP contribution in [0.5, 0.6) is 0 Å². The number of hydrogen-bond acceptors (Lipinski definition) is 6. The molecule has 0 rings (SSSR count). The summed E-state index contributed by atoms with van der Waals surface area (Å²) in [5, 5.41) is 0. The zero-order valence-electron chi connectivity index (χ0n) is 5.63. The molecule has 0 aliphatic rings. The molecule has 13 heavy (non-hydrogen) atoms. The van der Waals surface area contributed by atoms with Gasteiger partial charge in [-0.25, -0.2) is 0 Å². The average molecular weight is 318 g/mol. The van der Waals surface area contributed by atoms with Gasteiger partial charge in [-0.1, -0.05) is 0 Å². The monoisotopic (exact) mass is 318 g/mol. The first-order chi connectivity index (χ1) is 5.20. The van der Waals surface area contributed by atoms with Gasteiger partial charge in [0.05, 0.1) is 0 Å². The molecule has 80 valence electrons. The van der Waals surface area contributed by atoms with Gasteiger partial charge in [-0.2, -0.15) is 0 Å². The average Bonchev–Trinajstić information content (AvgIpc) is 1.54. The molecule has 13 heteroatoms. The van der Waals surface area contributed by atoms with Crippen molar-refractivity contribution in [3.05, 3.63) is 0 Å². The van der Waals surface area contributed by atoms with E-state index in [2.05, 4.69) is 0 Å². The van der Waals surface area contributed by atoms with Crippen LogP contribution in [0.3, 0.4) is 0 Å². The van der Waals surface area contributed by atoms with E-state index in [-0.39, 0.29) is 5.48 Å². The Morgan fingerprint density at radius 2 is 0.538 bits per heavy atom. The van der Waals surface area contributed by atoms with Gasteiger partial charge in [-0.3, -0.25) is 0 Å². The molecule has 0 saturated heterocycles. The maximum absolute atomic E-state index is 8.67. The first-order valence-corrected chi connectivity index (χ1v) is 6.99. The van der Waals surface area contributed by atoms with Crippen molar-refractivity contribution in [2.45, 2.75) is 0 Å².